The van der Waals surface area contributed by atoms with E-state index in [1.807, 2.05) is 6.07 Å². The molecule has 3 aromatic rings. The third-order valence-corrected chi connectivity index (χ3v) is 4.95. The van der Waals surface area contributed by atoms with Gasteiger partial charge in [0.25, 0.3) is 0 Å². The molecule has 0 saturated heterocycles. The number of hydrogen-bond donors (Lipinski definition) is 0. The fourth-order valence-corrected chi connectivity index (χ4v) is 3.42. The summed E-state index contributed by atoms with van der Waals surface area (Å²) in [7, 11) is -3.63. The Morgan fingerprint density at radius 3 is 2.50 bits per heavy atom. The van der Waals surface area contributed by atoms with Crippen molar-refractivity contribution in [3.05, 3.63) is 59.1 Å². The topological polar surface area (TPSA) is 60.2 Å². The maximum absolute atomic E-state index is 14.2. The first kappa shape index (κ1) is 16.7. The summed E-state index contributed by atoms with van der Waals surface area (Å²) >= 11 is 6.01. The minimum atomic E-state index is -3.63. The van der Waals surface area contributed by atoms with E-state index in [1.165, 1.54) is 18.2 Å². The van der Waals surface area contributed by atoms with Crippen LogP contribution in [0.1, 0.15) is 5.76 Å². The highest BCUT2D eigenvalue weighted by Crippen LogP contribution is 2.36. The highest BCUT2D eigenvalue weighted by molar-refractivity contribution is 7.90. The molecule has 0 atom stereocenters. The molecular formula is C17H13ClFNO3S. The summed E-state index contributed by atoms with van der Waals surface area (Å²) in [5.74, 6) is -0.316. The minimum Gasteiger partial charge on any atom is -0.360 e. The van der Waals surface area contributed by atoms with Gasteiger partial charge in [0.1, 0.15) is 22.2 Å². The van der Waals surface area contributed by atoms with Crippen LogP contribution < -0.4 is 0 Å². The van der Waals surface area contributed by atoms with Crippen molar-refractivity contribution in [3.8, 4) is 22.4 Å². The van der Waals surface area contributed by atoms with Crippen LogP contribution >= 0.6 is 11.6 Å². The first-order chi connectivity index (χ1) is 11.3. The Hall–Kier alpha value is -2.18. The van der Waals surface area contributed by atoms with Gasteiger partial charge in [-0.2, -0.15) is 0 Å². The van der Waals surface area contributed by atoms with E-state index in [2.05, 4.69) is 5.16 Å². The Balaban J connectivity index is 2.18. The smallest absolute Gasteiger partial charge is 0.178 e. The van der Waals surface area contributed by atoms with Crippen molar-refractivity contribution in [1.82, 2.24) is 5.16 Å². The van der Waals surface area contributed by atoms with Crippen molar-refractivity contribution < 1.29 is 17.3 Å². The van der Waals surface area contributed by atoms with Crippen LogP contribution in [0.4, 0.5) is 4.39 Å². The van der Waals surface area contributed by atoms with Gasteiger partial charge >= 0.3 is 0 Å². The summed E-state index contributed by atoms with van der Waals surface area (Å²) in [5, 5.41) is 4.57. The molecule has 0 unspecified atom stereocenters. The fraction of sp³-hybridized carbons (Fsp3) is 0.118. The van der Waals surface area contributed by atoms with E-state index in [-0.39, 0.29) is 4.90 Å². The van der Waals surface area contributed by atoms with E-state index in [4.69, 9.17) is 16.1 Å². The Morgan fingerprint density at radius 1 is 1.12 bits per heavy atom. The van der Waals surface area contributed by atoms with Crippen LogP contribution in [-0.2, 0) is 9.84 Å². The van der Waals surface area contributed by atoms with Crippen molar-refractivity contribution in [3.63, 3.8) is 0 Å². The summed E-state index contributed by atoms with van der Waals surface area (Å²) in [5.41, 5.74) is 2.31. The van der Waals surface area contributed by atoms with E-state index >= 15 is 0 Å². The van der Waals surface area contributed by atoms with Crippen molar-refractivity contribution in [2.75, 3.05) is 6.26 Å². The Bertz CT molecular complexity index is 1030. The highest BCUT2D eigenvalue weighted by Gasteiger charge is 2.20. The van der Waals surface area contributed by atoms with Crippen molar-refractivity contribution in [2.24, 2.45) is 0 Å². The largest absolute Gasteiger partial charge is 0.360 e. The molecule has 0 aliphatic carbocycles. The molecule has 0 bridgehead atoms. The standard InChI is InChI=1S/C17H13ClFNO3S/c1-10-16(11-6-7-15(14(19)9-11)24(2,21)22)17(20-23-10)12-4-3-5-13(18)8-12/h3-9H,1-2H3. The second-order valence-electron chi connectivity index (χ2n) is 5.39. The Kier molecular flexibility index (Phi) is 4.19. The lowest BCUT2D eigenvalue weighted by molar-refractivity contribution is 0.400. The second kappa shape index (κ2) is 6.03. The first-order valence-electron chi connectivity index (χ1n) is 6.99. The lowest BCUT2D eigenvalue weighted by Gasteiger charge is -2.06. The average Bonchev–Trinajstić information content (AvgIpc) is 2.87. The maximum Gasteiger partial charge on any atom is 0.178 e. The number of rotatable bonds is 3. The van der Waals surface area contributed by atoms with Gasteiger partial charge in [-0.05, 0) is 36.8 Å². The summed E-state index contributed by atoms with van der Waals surface area (Å²) in [6.45, 7) is 1.71. The van der Waals surface area contributed by atoms with Crippen LogP contribution in [0.2, 0.25) is 5.02 Å². The summed E-state index contributed by atoms with van der Waals surface area (Å²) in [6.07, 6.45) is 0.965. The Labute approximate surface area is 143 Å². The molecule has 0 amide bonds. The number of halogens is 2. The molecule has 4 nitrogen and oxygen atoms in total. The van der Waals surface area contributed by atoms with Crippen LogP contribution in [-0.4, -0.2) is 19.8 Å². The molecule has 0 saturated carbocycles. The normalized spacial score (nSPS) is 11.7. The molecular weight excluding hydrogens is 353 g/mol. The molecule has 0 aliphatic heterocycles. The van der Waals surface area contributed by atoms with Gasteiger partial charge in [-0.25, -0.2) is 12.8 Å². The molecule has 24 heavy (non-hydrogen) atoms. The molecule has 0 spiro atoms. The van der Waals surface area contributed by atoms with Gasteiger partial charge in [0.05, 0.1) is 5.56 Å². The zero-order chi connectivity index (χ0) is 17.5. The number of aryl methyl sites for hydroxylation is 1. The van der Waals surface area contributed by atoms with E-state index in [9.17, 15) is 12.8 Å². The summed E-state index contributed by atoms with van der Waals surface area (Å²) in [6, 6.07) is 11.0. The monoisotopic (exact) mass is 365 g/mol. The van der Waals surface area contributed by atoms with Gasteiger partial charge in [-0.1, -0.05) is 35.0 Å². The molecule has 1 aromatic heterocycles. The number of sulfone groups is 1. The first-order valence-corrected chi connectivity index (χ1v) is 9.26. The predicted octanol–water partition coefficient (Wildman–Crippen LogP) is 4.51. The van der Waals surface area contributed by atoms with E-state index < -0.39 is 15.7 Å². The molecule has 0 N–H and O–H groups in total. The van der Waals surface area contributed by atoms with Crippen LogP contribution in [0, 0.1) is 12.7 Å². The summed E-state index contributed by atoms with van der Waals surface area (Å²) < 4.78 is 42.6. The zero-order valence-corrected chi connectivity index (χ0v) is 14.5. The predicted molar refractivity (Wildman–Crippen MR) is 90.2 cm³/mol. The molecule has 7 heteroatoms. The van der Waals surface area contributed by atoms with Crippen LogP contribution in [0.5, 0.6) is 0 Å². The maximum atomic E-state index is 14.2. The van der Waals surface area contributed by atoms with Crippen LogP contribution in [0.3, 0.4) is 0 Å². The number of hydrogen-bond acceptors (Lipinski definition) is 4. The van der Waals surface area contributed by atoms with Crippen molar-refractivity contribution >= 4 is 21.4 Å². The third-order valence-electron chi connectivity index (χ3n) is 3.58. The molecule has 2 aromatic carbocycles. The van der Waals surface area contributed by atoms with Gasteiger partial charge in [-0.3, -0.25) is 0 Å². The minimum absolute atomic E-state index is 0.343. The lowest BCUT2D eigenvalue weighted by atomic mass is 9.99. The number of benzene rings is 2. The van der Waals surface area contributed by atoms with Crippen molar-refractivity contribution in [1.29, 1.82) is 0 Å². The Morgan fingerprint density at radius 2 is 1.88 bits per heavy atom. The van der Waals surface area contributed by atoms with Crippen LogP contribution in [0.25, 0.3) is 22.4 Å². The van der Waals surface area contributed by atoms with E-state index in [0.717, 1.165) is 11.8 Å². The molecule has 0 aliphatic rings. The molecule has 1 heterocycles. The fourth-order valence-electron chi connectivity index (χ4n) is 2.50. The lowest BCUT2D eigenvalue weighted by Crippen LogP contribution is -2.00. The van der Waals surface area contributed by atoms with Gasteiger partial charge in [-0.15, -0.1) is 0 Å². The van der Waals surface area contributed by atoms with E-state index in [0.29, 0.717) is 27.6 Å². The molecule has 3 rings (SSSR count). The molecule has 0 fully saturated rings. The molecule has 0 radical (unpaired) electrons. The van der Waals surface area contributed by atoms with Gasteiger partial charge < -0.3 is 4.52 Å². The molecule has 124 valence electrons. The quantitative estimate of drug-likeness (QED) is 0.685. The van der Waals surface area contributed by atoms with Gasteiger partial charge in [0, 0.05) is 16.8 Å². The zero-order valence-electron chi connectivity index (χ0n) is 12.9. The summed E-state index contributed by atoms with van der Waals surface area (Å²) in [4.78, 5) is -0.343. The van der Waals surface area contributed by atoms with Gasteiger partial charge in [0.2, 0.25) is 0 Å². The highest BCUT2D eigenvalue weighted by atomic mass is 35.5. The van der Waals surface area contributed by atoms with Gasteiger partial charge in [0.15, 0.2) is 9.84 Å². The third kappa shape index (κ3) is 3.07. The number of aromatic nitrogens is 1. The second-order valence-corrected chi connectivity index (χ2v) is 7.81. The number of nitrogens with zero attached hydrogens (tertiary/aromatic N) is 1. The van der Waals surface area contributed by atoms with Crippen molar-refractivity contribution in [2.45, 2.75) is 11.8 Å². The average molecular weight is 366 g/mol. The van der Waals surface area contributed by atoms with Crippen LogP contribution in [0.15, 0.2) is 51.9 Å². The SMILES string of the molecule is Cc1onc(-c2cccc(Cl)c2)c1-c1ccc(S(C)(=O)=O)c(F)c1. The van der Waals surface area contributed by atoms with E-state index in [1.54, 1.807) is 25.1 Å².